The Kier molecular flexibility index (Phi) is 7.98. The van der Waals surface area contributed by atoms with Crippen molar-refractivity contribution in [3.05, 3.63) is 115 Å². The molecule has 2 heterocycles. The first kappa shape index (κ1) is 29.6. The number of benzene rings is 4. The molecule has 2 aromatic heterocycles. The van der Waals surface area contributed by atoms with Crippen molar-refractivity contribution in [3.63, 3.8) is 0 Å². The van der Waals surface area contributed by atoms with Crippen LogP contribution >= 0.6 is 0 Å². The van der Waals surface area contributed by atoms with Gasteiger partial charge in [-0.1, -0.05) is 66.7 Å². The molecule has 0 aliphatic heterocycles. The lowest BCUT2D eigenvalue weighted by Crippen LogP contribution is -2.29. The number of nitrogens with one attached hydrogen (secondary N) is 1. The van der Waals surface area contributed by atoms with Gasteiger partial charge in [-0.05, 0) is 66.1 Å². The molecule has 6 aromatic rings. The van der Waals surface area contributed by atoms with Crippen molar-refractivity contribution in [1.29, 1.82) is 0 Å². The molecule has 0 spiro atoms. The van der Waals surface area contributed by atoms with E-state index in [-0.39, 0.29) is 16.4 Å². The average Bonchev–Trinajstić information content (AvgIpc) is 3.42. The van der Waals surface area contributed by atoms with Gasteiger partial charge in [0, 0.05) is 40.7 Å². The van der Waals surface area contributed by atoms with Gasteiger partial charge in [0.15, 0.2) is 9.84 Å². The van der Waals surface area contributed by atoms with Crippen molar-refractivity contribution < 1.29 is 16.8 Å². The summed E-state index contributed by atoms with van der Waals surface area (Å²) in [5.41, 5.74) is 12.0. The first-order valence-electron chi connectivity index (χ1n) is 14.2. The van der Waals surface area contributed by atoms with E-state index in [0.717, 1.165) is 38.5 Å². The maximum atomic E-state index is 13.2. The van der Waals surface area contributed by atoms with Gasteiger partial charge in [0.05, 0.1) is 22.1 Å². The van der Waals surface area contributed by atoms with E-state index in [9.17, 15) is 16.8 Å². The third kappa shape index (κ3) is 5.71. The van der Waals surface area contributed by atoms with Crippen molar-refractivity contribution in [1.82, 2.24) is 9.97 Å². The van der Waals surface area contributed by atoms with Gasteiger partial charge in [0.1, 0.15) is 5.65 Å². The summed E-state index contributed by atoms with van der Waals surface area (Å²) in [6.07, 6.45) is 2.21. The summed E-state index contributed by atoms with van der Waals surface area (Å²) in [4.78, 5) is 8.46. The van der Waals surface area contributed by atoms with Gasteiger partial charge < -0.3 is 10.7 Å². The minimum absolute atomic E-state index is 0.0182. The van der Waals surface area contributed by atoms with Crippen molar-refractivity contribution in [2.24, 2.45) is 5.73 Å². The number of anilines is 1. The molecule has 10 heteroatoms. The fourth-order valence-electron chi connectivity index (χ4n) is 5.46. The molecule has 224 valence electrons. The van der Waals surface area contributed by atoms with Crippen LogP contribution in [0.15, 0.2) is 114 Å². The predicted octanol–water partition coefficient (Wildman–Crippen LogP) is 6.14. The lowest BCUT2D eigenvalue weighted by Gasteiger charge is -2.20. The summed E-state index contributed by atoms with van der Waals surface area (Å²) in [5.74, 6) is -0.147. The molecule has 0 aliphatic carbocycles. The third-order valence-corrected chi connectivity index (χ3v) is 11.3. The Morgan fingerprint density at radius 1 is 0.818 bits per heavy atom. The molecule has 6 rings (SSSR count). The predicted molar refractivity (Wildman–Crippen MR) is 178 cm³/mol. The maximum absolute atomic E-state index is 13.2. The zero-order chi connectivity index (χ0) is 30.9. The van der Waals surface area contributed by atoms with Crippen LogP contribution in [-0.2, 0) is 25.6 Å². The minimum Gasteiger partial charge on any atom is -0.339 e. The highest BCUT2D eigenvalue weighted by molar-refractivity contribution is 7.92. The Labute approximate surface area is 257 Å². The van der Waals surface area contributed by atoms with Crippen molar-refractivity contribution >= 4 is 47.5 Å². The van der Waals surface area contributed by atoms with Gasteiger partial charge in [-0.25, -0.2) is 21.8 Å². The largest absolute Gasteiger partial charge is 0.339 e. The summed E-state index contributed by atoms with van der Waals surface area (Å²) in [6, 6.07) is 31.5. The first-order chi connectivity index (χ1) is 21.2. The van der Waals surface area contributed by atoms with E-state index in [2.05, 4.69) is 4.98 Å². The number of hydrogen-bond acceptors (Lipinski definition) is 6. The Morgan fingerprint density at radius 3 is 2.18 bits per heavy atom. The molecule has 4 aromatic carbocycles. The molecule has 44 heavy (non-hydrogen) atoms. The maximum Gasteiger partial charge on any atom is 0.234 e. The van der Waals surface area contributed by atoms with E-state index in [4.69, 9.17) is 10.7 Å². The van der Waals surface area contributed by atoms with Crippen LogP contribution in [0.4, 0.5) is 5.69 Å². The standard InChI is InChI=1S/C34H32N4O4S2/c1-38(44(41,42)20-8-19-35)27-16-14-25(15-17-27)30-22-36-34-33(32(30)26-9-4-2-5-10-26)29-21-24(13-18-31(29)37-34)23-43(39,40)28-11-6-3-7-12-28/h2-7,9-18,21-22H,8,19-20,23,35H2,1H3,(H,36,37). The molecule has 0 bridgehead atoms. The number of aromatic nitrogens is 2. The highest BCUT2D eigenvalue weighted by atomic mass is 32.2. The van der Waals surface area contributed by atoms with Crippen LogP contribution in [0.3, 0.4) is 0 Å². The van der Waals surface area contributed by atoms with E-state index in [0.29, 0.717) is 29.9 Å². The number of sulfonamides is 1. The monoisotopic (exact) mass is 624 g/mol. The zero-order valence-corrected chi connectivity index (χ0v) is 25.8. The summed E-state index contributed by atoms with van der Waals surface area (Å²) in [7, 11) is -5.48. The van der Waals surface area contributed by atoms with Crippen LogP contribution in [0.5, 0.6) is 0 Å². The second kappa shape index (κ2) is 11.9. The van der Waals surface area contributed by atoms with E-state index >= 15 is 0 Å². The number of H-pyrrole nitrogens is 1. The van der Waals surface area contributed by atoms with E-state index in [1.165, 1.54) is 4.31 Å². The lowest BCUT2D eigenvalue weighted by atomic mass is 9.92. The Bertz CT molecular complexity index is 2160. The van der Waals surface area contributed by atoms with Crippen LogP contribution in [0.25, 0.3) is 44.2 Å². The molecule has 0 saturated carbocycles. The molecule has 0 amide bonds. The number of sulfone groups is 1. The van der Waals surface area contributed by atoms with Gasteiger partial charge in [-0.15, -0.1) is 0 Å². The van der Waals surface area contributed by atoms with Crippen molar-refractivity contribution in [2.45, 2.75) is 17.1 Å². The zero-order valence-electron chi connectivity index (χ0n) is 24.1. The van der Waals surface area contributed by atoms with Crippen molar-refractivity contribution in [3.8, 4) is 22.3 Å². The SMILES string of the molecule is CN(c1ccc(-c2cnc3[nH]c4ccc(CS(=O)(=O)c5ccccc5)cc4c3c2-c2ccccc2)cc1)S(=O)(=O)CCCN. The van der Waals surface area contributed by atoms with E-state index in [1.807, 2.05) is 66.9 Å². The number of pyridine rings is 1. The number of aromatic amines is 1. The fraction of sp³-hybridized carbons (Fsp3) is 0.147. The number of rotatable bonds is 10. The van der Waals surface area contributed by atoms with Crippen LogP contribution in [0.1, 0.15) is 12.0 Å². The molecule has 0 fully saturated rings. The average molecular weight is 625 g/mol. The Morgan fingerprint density at radius 2 is 1.50 bits per heavy atom. The lowest BCUT2D eigenvalue weighted by molar-refractivity contribution is 0.591. The molecule has 0 unspecified atom stereocenters. The van der Waals surface area contributed by atoms with Gasteiger partial charge in [0.2, 0.25) is 10.0 Å². The Hall–Kier alpha value is -4.51. The topological polar surface area (TPSA) is 126 Å². The van der Waals surface area contributed by atoms with Gasteiger partial charge >= 0.3 is 0 Å². The number of nitrogens with two attached hydrogens (primary N) is 1. The first-order valence-corrected chi connectivity index (χ1v) is 17.5. The van der Waals surface area contributed by atoms with Crippen LogP contribution in [-0.4, -0.2) is 46.1 Å². The van der Waals surface area contributed by atoms with E-state index < -0.39 is 19.9 Å². The second-order valence-corrected chi connectivity index (χ2v) is 14.8. The normalized spacial score (nSPS) is 12.1. The highest BCUT2D eigenvalue weighted by Crippen LogP contribution is 2.41. The molecular weight excluding hydrogens is 593 g/mol. The van der Waals surface area contributed by atoms with Gasteiger partial charge in [0.25, 0.3) is 0 Å². The fourth-order valence-corrected chi connectivity index (χ4v) is 8.07. The van der Waals surface area contributed by atoms with Gasteiger partial charge in [-0.3, -0.25) is 4.31 Å². The minimum atomic E-state index is -3.54. The van der Waals surface area contributed by atoms with E-state index in [1.54, 1.807) is 49.5 Å². The summed E-state index contributed by atoms with van der Waals surface area (Å²) in [6.45, 7) is 0.307. The molecule has 8 nitrogen and oxygen atoms in total. The molecule has 0 radical (unpaired) electrons. The molecule has 0 saturated heterocycles. The summed E-state index contributed by atoms with van der Waals surface area (Å²) >= 11 is 0. The van der Waals surface area contributed by atoms with Crippen LogP contribution in [0.2, 0.25) is 0 Å². The molecule has 3 N–H and O–H groups in total. The van der Waals surface area contributed by atoms with Crippen LogP contribution < -0.4 is 10.0 Å². The van der Waals surface area contributed by atoms with Crippen LogP contribution in [0, 0.1) is 0 Å². The number of fused-ring (bicyclic) bond motifs is 3. The van der Waals surface area contributed by atoms with Gasteiger partial charge in [-0.2, -0.15) is 0 Å². The summed E-state index contributed by atoms with van der Waals surface area (Å²) < 4.78 is 53.1. The third-order valence-electron chi connectivity index (χ3n) is 7.77. The Balaban J connectivity index is 1.48. The molecular formula is C34H32N4O4S2. The number of nitrogens with zero attached hydrogens (tertiary/aromatic N) is 2. The summed E-state index contributed by atoms with van der Waals surface area (Å²) in [5, 5.41) is 1.75. The molecule has 0 aliphatic rings. The quantitative estimate of drug-likeness (QED) is 0.189. The smallest absolute Gasteiger partial charge is 0.234 e. The molecule has 0 atom stereocenters. The van der Waals surface area contributed by atoms with Crippen molar-refractivity contribution in [2.75, 3.05) is 23.7 Å². The number of hydrogen-bond donors (Lipinski definition) is 2. The highest BCUT2D eigenvalue weighted by Gasteiger charge is 2.21. The second-order valence-electron chi connectivity index (χ2n) is 10.7.